The summed E-state index contributed by atoms with van der Waals surface area (Å²) in [7, 11) is 3.44. The van der Waals surface area contributed by atoms with E-state index in [1.165, 1.54) is 4.90 Å². The fourth-order valence-electron chi connectivity index (χ4n) is 2.67. The van der Waals surface area contributed by atoms with E-state index in [9.17, 15) is 4.79 Å². The van der Waals surface area contributed by atoms with Gasteiger partial charge in [0.2, 0.25) is 5.89 Å². The number of carbonyl (C=O) groups excluding carboxylic acids is 1. The Hall–Kier alpha value is -3.87. The lowest BCUT2D eigenvalue weighted by atomic mass is 10.1. The predicted molar refractivity (Wildman–Crippen MR) is 104 cm³/mol. The van der Waals surface area contributed by atoms with Crippen LogP contribution in [0.4, 0.5) is 0 Å². The Morgan fingerprint density at radius 1 is 0.821 bits per heavy atom. The van der Waals surface area contributed by atoms with E-state index in [0.717, 1.165) is 11.1 Å². The Morgan fingerprint density at radius 3 is 2.21 bits per heavy atom. The molecule has 0 saturated heterocycles. The van der Waals surface area contributed by atoms with Crippen LogP contribution >= 0.6 is 0 Å². The van der Waals surface area contributed by atoms with Gasteiger partial charge in [0.15, 0.2) is 0 Å². The molecule has 4 aromatic rings. The number of hydrogen-bond acceptors (Lipinski definition) is 6. The predicted octanol–water partition coefficient (Wildman–Crippen LogP) is 3.56. The summed E-state index contributed by atoms with van der Waals surface area (Å²) in [6, 6.07) is 16.8. The molecule has 0 fully saturated rings. The number of amides is 1. The van der Waals surface area contributed by atoms with Crippen LogP contribution in [0.25, 0.3) is 34.3 Å². The molecule has 0 saturated carbocycles. The molecule has 7 heteroatoms. The Labute approximate surface area is 161 Å². The molecule has 2 heterocycles. The Bertz CT molecular complexity index is 1110. The molecule has 0 bridgehead atoms. The topological polar surface area (TPSA) is 85.0 Å². The van der Waals surface area contributed by atoms with Crippen LogP contribution in [0.3, 0.4) is 0 Å². The first-order valence-electron chi connectivity index (χ1n) is 8.65. The third-order valence-corrected chi connectivity index (χ3v) is 4.13. The van der Waals surface area contributed by atoms with Crippen molar-refractivity contribution in [2.45, 2.75) is 0 Å². The largest absolute Gasteiger partial charge is 0.415 e. The average molecular weight is 371 g/mol. The molecule has 0 aliphatic heterocycles. The van der Waals surface area contributed by atoms with E-state index < -0.39 is 0 Å². The highest BCUT2D eigenvalue weighted by molar-refractivity contribution is 5.94. The van der Waals surface area contributed by atoms with Gasteiger partial charge in [0.05, 0.1) is 18.1 Å². The van der Waals surface area contributed by atoms with Crippen molar-refractivity contribution in [1.29, 1.82) is 0 Å². The highest BCUT2D eigenvalue weighted by atomic mass is 16.4. The molecule has 7 nitrogen and oxygen atoms in total. The average Bonchev–Trinajstić information content (AvgIpc) is 3.24. The van der Waals surface area contributed by atoms with Crippen LogP contribution in [-0.4, -0.2) is 45.1 Å². The van der Waals surface area contributed by atoms with E-state index in [0.29, 0.717) is 28.7 Å². The van der Waals surface area contributed by atoms with Gasteiger partial charge in [-0.1, -0.05) is 30.3 Å². The Balaban J connectivity index is 1.62. The van der Waals surface area contributed by atoms with E-state index >= 15 is 0 Å². The summed E-state index contributed by atoms with van der Waals surface area (Å²) in [6.07, 6.45) is 3.23. The molecule has 0 atom stereocenters. The number of aromatic nitrogens is 4. The third-order valence-electron chi connectivity index (χ3n) is 4.13. The molecule has 0 aliphatic rings. The van der Waals surface area contributed by atoms with Crippen LogP contribution in [0.5, 0.6) is 0 Å². The van der Waals surface area contributed by atoms with Crippen LogP contribution in [0.2, 0.25) is 0 Å². The minimum absolute atomic E-state index is 0.0503. The quantitative estimate of drug-likeness (QED) is 0.545. The fourth-order valence-corrected chi connectivity index (χ4v) is 2.67. The molecule has 4 rings (SSSR count). The number of nitrogens with zero attached hydrogens (tertiary/aromatic N) is 5. The zero-order chi connectivity index (χ0) is 19.5. The van der Waals surface area contributed by atoms with Gasteiger partial charge in [0, 0.05) is 30.8 Å². The van der Waals surface area contributed by atoms with Crippen LogP contribution in [0.15, 0.2) is 71.4 Å². The minimum atomic E-state index is -0.0503. The number of hydrogen-bond donors (Lipinski definition) is 0. The third kappa shape index (κ3) is 3.50. The van der Waals surface area contributed by atoms with Gasteiger partial charge in [-0.2, -0.15) is 0 Å². The standard InChI is InChI=1S/C21H17N5O2/c1-26(2)21(27)16-10-8-14(9-11-16)17-12-22-13-18(23-17)20-25-24-19(28-20)15-6-4-3-5-7-15/h3-13H,1-2H3. The van der Waals surface area contributed by atoms with Crippen molar-refractivity contribution < 1.29 is 9.21 Å². The molecule has 0 radical (unpaired) electrons. The maximum Gasteiger partial charge on any atom is 0.268 e. The fraction of sp³-hybridized carbons (Fsp3) is 0.0952. The van der Waals surface area contributed by atoms with Crippen molar-refractivity contribution in [2.24, 2.45) is 0 Å². The first kappa shape index (κ1) is 17.5. The van der Waals surface area contributed by atoms with Crippen LogP contribution in [0.1, 0.15) is 10.4 Å². The van der Waals surface area contributed by atoms with E-state index in [1.807, 2.05) is 42.5 Å². The summed E-state index contributed by atoms with van der Waals surface area (Å²) in [5, 5.41) is 8.17. The van der Waals surface area contributed by atoms with Crippen molar-refractivity contribution in [3.05, 3.63) is 72.6 Å². The first-order valence-corrected chi connectivity index (χ1v) is 8.65. The van der Waals surface area contributed by atoms with Gasteiger partial charge in [-0.3, -0.25) is 9.78 Å². The second-order valence-corrected chi connectivity index (χ2v) is 6.34. The molecule has 0 spiro atoms. The van der Waals surface area contributed by atoms with E-state index in [2.05, 4.69) is 20.2 Å². The summed E-state index contributed by atoms with van der Waals surface area (Å²) < 4.78 is 5.75. The second-order valence-electron chi connectivity index (χ2n) is 6.34. The molecule has 0 N–H and O–H groups in total. The SMILES string of the molecule is CN(C)C(=O)c1ccc(-c2cncc(-c3nnc(-c4ccccc4)o3)n2)cc1. The van der Waals surface area contributed by atoms with Crippen molar-refractivity contribution in [1.82, 2.24) is 25.1 Å². The van der Waals surface area contributed by atoms with Crippen molar-refractivity contribution in [3.63, 3.8) is 0 Å². The maximum atomic E-state index is 12.0. The molecular weight excluding hydrogens is 354 g/mol. The van der Waals surface area contributed by atoms with Crippen LogP contribution < -0.4 is 0 Å². The number of carbonyl (C=O) groups is 1. The molecular formula is C21H17N5O2. The summed E-state index contributed by atoms with van der Waals surface area (Å²) in [6.45, 7) is 0. The summed E-state index contributed by atoms with van der Waals surface area (Å²) in [4.78, 5) is 22.4. The van der Waals surface area contributed by atoms with Crippen molar-refractivity contribution in [2.75, 3.05) is 14.1 Å². The molecule has 138 valence electrons. The molecule has 0 aliphatic carbocycles. The highest BCUT2D eigenvalue weighted by Crippen LogP contribution is 2.24. The van der Waals surface area contributed by atoms with Crippen LogP contribution in [0, 0.1) is 0 Å². The first-order chi connectivity index (χ1) is 13.6. The lowest BCUT2D eigenvalue weighted by Crippen LogP contribution is -2.21. The molecule has 1 amide bonds. The van der Waals surface area contributed by atoms with E-state index in [4.69, 9.17) is 4.42 Å². The monoisotopic (exact) mass is 371 g/mol. The van der Waals surface area contributed by atoms with Crippen molar-refractivity contribution >= 4 is 5.91 Å². The van der Waals surface area contributed by atoms with Gasteiger partial charge in [-0.15, -0.1) is 10.2 Å². The molecule has 0 unspecified atom stereocenters. The Kier molecular flexibility index (Phi) is 4.63. The zero-order valence-electron chi connectivity index (χ0n) is 15.4. The zero-order valence-corrected chi connectivity index (χ0v) is 15.4. The lowest BCUT2D eigenvalue weighted by Gasteiger charge is -2.10. The maximum absolute atomic E-state index is 12.0. The normalized spacial score (nSPS) is 10.6. The van der Waals surface area contributed by atoms with Gasteiger partial charge in [0.25, 0.3) is 11.8 Å². The lowest BCUT2D eigenvalue weighted by molar-refractivity contribution is 0.0827. The van der Waals surface area contributed by atoms with Crippen LogP contribution in [-0.2, 0) is 0 Å². The van der Waals surface area contributed by atoms with Gasteiger partial charge in [0.1, 0.15) is 5.69 Å². The van der Waals surface area contributed by atoms with Gasteiger partial charge in [-0.05, 0) is 24.3 Å². The Morgan fingerprint density at radius 2 is 1.50 bits per heavy atom. The highest BCUT2D eigenvalue weighted by Gasteiger charge is 2.13. The molecule has 2 aromatic heterocycles. The number of rotatable bonds is 4. The summed E-state index contributed by atoms with van der Waals surface area (Å²) in [5.41, 5.74) is 3.43. The number of benzene rings is 2. The molecule has 28 heavy (non-hydrogen) atoms. The van der Waals surface area contributed by atoms with E-state index in [-0.39, 0.29) is 5.91 Å². The summed E-state index contributed by atoms with van der Waals surface area (Å²) in [5.74, 6) is 0.674. The second kappa shape index (κ2) is 7.40. The summed E-state index contributed by atoms with van der Waals surface area (Å²) >= 11 is 0. The minimum Gasteiger partial charge on any atom is -0.415 e. The molecule has 2 aromatic carbocycles. The van der Waals surface area contributed by atoms with Gasteiger partial charge < -0.3 is 9.32 Å². The van der Waals surface area contributed by atoms with Gasteiger partial charge in [-0.25, -0.2) is 4.98 Å². The smallest absolute Gasteiger partial charge is 0.268 e. The van der Waals surface area contributed by atoms with E-state index in [1.54, 1.807) is 38.6 Å². The van der Waals surface area contributed by atoms with Crippen molar-refractivity contribution in [3.8, 4) is 34.3 Å². The van der Waals surface area contributed by atoms with Gasteiger partial charge >= 0.3 is 0 Å².